The second-order valence-electron chi connectivity index (χ2n) is 28.0. The van der Waals surface area contributed by atoms with E-state index < -0.39 is 52.3 Å². The van der Waals surface area contributed by atoms with Crippen molar-refractivity contribution in [3.63, 3.8) is 0 Å². The molecule has 0 spiro atoms. The van der Waals surface area contributed by atoms with Crippen molar-refractivity contribution in [3.8, 4) is 0 Å². The summed E-state index contributed by atoms with van der Waals surface area (Å²) in [6.45, 7) is 26.9. The highest BCUT2D eigenvalue weighted by Gasteiger charge is 2.69. The van der Waals surface area contributed by atoms with E-state index in [1.807, 2.05) is 109 Å². The standard InChI is InChI=1S/C16H24O6.C14H18O2.C13H20O4.C13H18O4.C7H14O2.4CH4/c1-6-15(2,3)14(18)20-11-8-7-9-12(10(8)19-13(11)17)22-16(4,5)21-9;15-14-13-9-4-8(10(13)5-16-14)11-6-1-2-7(3-6)12(9)11;2*1-4-13(2,3)12(15)17-10-8-6-5-7-9(8)16-11(10)14;1-5-7(2,3)6(8)9-4;;;;/h8-12H,6-7H2,1-5H3;6-13H,1-5H2;8-10H,4-7H2,1-3H3;5,7-10H,4,6H2,1-3H3;5H2,1-4H3;4*1H4. The first-order chi connectivity index (χ1) is 37.9. The predicted octanol–water partition coefficient (Wildman–Crippen LogP) is 11.9. The zero-order valence-corrected chi connectivity index (χ0v) is 50.9. The smallest absolute Gasteiger partial charge is 0.348 e. The van der Waals surface area contributed by atoms with E-state index >= 15 is 0 Å². The summed E-state index contributed by atoms with van der Waals surface area (Å²) in [5, 5.41) is 0. The van der Waals surface area contributed by atoms with Gasteiger partial charge in [0.15, 0.2) is 5.79 Å². The number of ether oxygens (including phenoxy) is 10. The number of carbonyl (C=O) groups is 8. The van der Waals surface area contributed by atoms with Crippen LogP contribution in [0.15, 0.2) is 12.2 Å². The van der Waals surface area contributed by atoms with Crippen LogP contribution >= 0.6 is 0 Å². The Kier molecular flexibility index (Phi) is 23.9. The molecule has 85 heavy (non-hydrogen) atoms. The van der Waals surface area contributed by atoms with Gasteiger partial charge in [-0.2, -0.15) is 0 Å². The minimum absolute atomic E-state index is 0. The summed E-state index contributed by atoms with van der Waals surface area (Å²) in [5.41, 5.74) is -2.00. The molecular formula is C67H110O18. The van der Waals surface area contributed by atoms with Crippen LogP contribution in [-0.4, -0.2) is 116 Å². The van der Waals surface area contributed by atoms with Crippen molar-refractivity contribution in [2.45, 2.75) is 265 Å². The number of hydrogen-bond donors (Lipinski definition) is 0. The Balaban J connectivity index is 0.000000230. The summed E-state index contributed by atoms with van der Waals surface area (Å²) in [5.74, 6) is 3.47. The first kappa shape index (κ1) is 72.9. The van der Waals surface area contributed by atoms with Gasteiger partial charge in [0.2, 0.25) is 18.3 Å². The molecule has 18 heteroatoms. The molecule has 11 fully saturated rings. The fraction of sp³-hybridized carbons (Fsp3) is 0.851. The number of allylic oxidation sites excluding steroid dienone is 1. The second kappa shape index (κ2) is 27.9. The normalized spacial score (nSPS) is 36.2. The van der Waals surface area contributed by atoms with Crippen LogP contribution in [0.25, 0.3) is 0 Å². The molecule has 0 N–H and O–H groups in total. The maximum atomic E-state index is 12.2. The Labute approximate surface area is 509 Å². The van der Waals surface area contributed by atoms with Gasteiger partial charge in [-0.05, 0) is 194 Å². The van der Waals surface area contributed by atoms with Gasteiger partial charge in [-0.1, -0.05) is 63.5 Å². The van der Waals surface area contributed by atoms with Crippen LogP contribution in [0.2, 0.25) is 0 Å². The lowest BCUT2D eigenvalue weighted by molar-refractivity contribution is -0.170. The summed E-state index contributed by atoms with van der Waals surface area (Å²) < 4.78 is 53.6. The van der Waals surface area contributed by atoms with Crippen LogP contribution in [0.3, 0.4) is 0 Å². The van der Waals surface area contributed by atoms with Gasteiger partial charge in [0.05, 0.1) is 53.3 Å². The van der Waals surface area contributed by atoms with Crippen molar-refractivity contribution >= 4 is 47.8 Å². The van der Waals surface area contributed by atoms with Gasteiger partial charge in [-0.25, -0.2) is 14.4 Å². The Bertz CT molecular complexity index is 2390. The number of esters is 8. The van der Waals surface area contributed by atoms with Crippen molar-refractivity contribution in [2.24, 2.45) is 86.8 Å². The van der Waals surface area contributed by atoms with E-state index in [0.717, 1.165) is 74.2 Å². The van der Waals surface area contributed by atoms with Gasteiger partial charge < -0.3 is 47.4 Å². The zero-order chi connectivity index (χ0) is 59.5. The van der Waals surface area contributed by atoms with Crippen LogP contribution in [0.5, 0.6) is 0 Å². The molecule has 4 bridgehead atoms. The predicted molar refractivity (Wildman–Crippen MR) is 318 cm³/mol. The number of rotatable bonds is 11. The molecule has 0 radical (unpaired) electrons. The molecule has 0 aromatic rings. The van der Waals surface area contributed by atoms with E-state index in [1.165, 1.54) is 32.8 Å². The summed E-state index contributed by atoms with van der Waals surface area (Å²) in [7, 11) is 1.42. The number of fused-ring (bicyclic) bond motifs is 17. The van der Waals surface area contributed by atoms with Crippen LogP contribution in [0.1, 0.15) is 210 Å². The molecule has 5 saturated heterocycles. The van der Waals surface area contributed by atoms with Crippen molar-refractivity contribution in [2.75, 3.05) is 13.7 Å². The molecule has 19 unspecified atom stereocenters. The first-order valence-electron chi connectivity index (χ1n) is 30.5. The average molecular weight is 1200 g/mol. The molecule has 5 heterocycles. The van der Waals surface area contributed by atoms with E-state index in [0.29, 0.717) is 37.5 Å². The lowest BCUT2D eigenvalue weighted by atomic mass is 9.64. The molecule has 486 valence electrons. The Morgan fingerprint density at radius 1 is 0.518 bits per heavy atom. The summed E-state index contributed by atoms with van der Waals surface area (Å²) in [4.78, 5) is 94.1. The summed E-state index contributed by atoms with van der Waals surface area (Å²) in [6.07, 6.45) is 13.5. The number of carbonyl (C=O) groups excluding carboxylic acids is 8. The molecule has 12 rings (SSSR count). The topological polar surface area (TPSA) is 229 Å². The zero-order valence-electron chi connectivity index (χ0n) is 50.9. The van der Waals surface area contributed by atoms with Gasteiger partial charge in [-0.15, -0.1) is 0 Å². The molecule has 0 amide bonds. The first-order valence-corrected chi connectivity index (χ1v) is 30.5. The number of methoxy groups -OCH3 is 1. The SMILES string of the molecule is C.C.C.C.CCC(C)(C)C(=O)OC.CCC(C)(C)C(=O)OC1C(=O)OC2C1CC1OC(C)(C)OC12.CCC(C)(C)C(=O)OC1C(=O)OC2C=CCC21.CCC(C)(C)C(=O)OC1C(=O)OC2CCCC21.O=C1OCC2C3CC(C12)C1C2CCC(C2)C31. The van der Waals surface area contributed by atoms with E-state index in [-0.39, 0.29) is 119 Å². The van der Waals surface area contributed by atoms with Crippen LogP contribution in [0, 0.1) is 86.8 Å². The summed E-state index contributed by atoms with van der Waals surface area (Å²) >= 11 is 0. The maximum absolute atomic E-state index is 12.2. The van der Waals surface area contributed by atoms with Gasteiger partial charge in [0.25, 0.3) is 0 Å². The third-order valence-corrected chi connectivity index (χ3v) is 21.1. The molecule has 19 atom stereocenters. The van der Waals surface area contributed by atoms with E-state index in [9.17, 15) is 38.4 Å². The Morgan fingerprint density at radius 3 is 1.52 bits per heavy atom. The van der Waals surface area contributed by atoms with Crippen molar-refractivity contribution in [3.05, 3.63) is 12.2 Å². The molecule has 0 aromatic heterocycles. The lowest BCUT2D eigenvalue weighted by Crippen LogP contribution is -2.38. The third kappa shape index (κ3) is 14.5. The molecule has 7 aliphatic carbocycles. The van der Waals surface area contributed by atoms with Crippen LogP contribution in [-0.2, 0) is 85.7 Å². The quantitative estimate of drug-likeness (QED) is 0.0810. The highest BCUT2D eigenvalue weighted by atomic mass is 16.8. The van der Waals surface area contributed by atoms with Crippen molar-refractivity contribution < 1.29 is 85.7 Å². The highest BCUT2D eigenvalue weighted by Crippen LogP contribution is 2.71. The molecule has 12 aliphatic rings. The molecule has 5 aliphatic heterocycles. The van der Waals surface area contributed by atoms with Gasteiger partial charge in [0.1, 0.15) is 24.4 Å². The minimum Gasteiger partial charge on any atom is -0.469 e. The summed E-state index contributed by atoms with van der Waals surface area (Å²) in [6, 6.07) is 0. The number of cyclic esters (lactones) is 1. The molecular weight excluding hydrogens is 1090 g/mol. The highest BCUT2D eigenvalue weighted by molar-refractivity contribution is 5.85. The Morgan fingerprint density at radius 2 is 1.00 bits per heavy atom. The maximum Gasteiger partial charge on any atom is 0.348 e. The van der Waals surface area contributed by atoms with Gasteiger partial charge >= 0.3 is 47.8 Å². The van der Waals surface area contributed by atoms with E-state index in [2.05, 4.69) is 4.74 Å². The minimum atomic E-state index is -0.843. The van der Waals surface area contributed by atoms with Gasteiger partial charge in [-0.3, -0.25) is 24.0 Å². The average Bonchev–Trinajstić information content (AvgIpc) is 1.55. The second-order valence-corrected chi connectivity index (χ2v) is 28.0. The monoisotopic (exact) mass is 1200 g/mol. The van der Waals surface area contributed by atoms with Crippen molar-refractivity contribution in [1.29, 1.82) is 0 Å². The Hall–Kier alpha value is -4.58. The van der Waals surface area contributed by atoms with E-state index in [1.54, 1.807) is 0 Å². The largest absolute Gasteiger partial charge is 0.469 e. The molecule has 6 saturated carbocycles. The fourth-order valence-corrected chi connectivity index (χ4v) is 14.7. The third-order valence-electron chi connectivity index (χ3n) is 21.1. The van der Waals surface area contributed by atoms with E-state index in [4.69, 9.17) is 42.6 Å². The van der Waals surface area contributed by atoms with Gasteiger partial charge in [0, 0.05) is 17.8 Å². The fourth-order valence-electron chi connectivity index (χ4n) is 14.7. The van der Waals surface area contributed by atoms with Crippen LogP contribution < -0.4 is 0 Å². The molecule has 18 nitrogen and oxygen atoms in total. The lowest BCUT2D eigenvalue weighted by Gasteiger charge is -2.38. The van der Waals surface area contributed by atoms with Crippen LogP contribution in [0.4, 0.5) is 0 Å². The molecule has 0 aromatic carbocycles. The van der Waals surface area contributed by atoms with Crippen molar-refractivity contribution in [1.82, 2.24) is 0 Å². The number of hydrogen-bond acceptors (Lipinski definition) is 18.